The number of hydrogen-bond donors (Lipinski definition) is 0. The predicted octanol–water partition coefficient (Wildman–Crippen LogP) is 3.14. The summed E-state index contributed by atoms with van der Waals surface area (Å²) in [5, 5.41) is 0. The molecule has 2 aromatic rings. The van der Waals surface area contributed by atoms with Crippen LogP contribution < -0.4 is 0 Å². The average Bonchev–Trinajstić information content (AvgIpc) is 3.42. The summed E-state index contributed by atoms with van der Waals surface area (Å²) in [5.74, 6) is -0.371. The van der Waals surface area contributed by atoms with Crippen LogP contribution in [0.4, 0.5) is 0 Å². The minimum absolute atomic E-state index is 0.0462. The van der Waals surface area contributed by atoms with E-state index in [1.54, 1.807) is 24.3 Å². The van der Waals surface area contributed by atoms with Gasteiger partial charge in [0.2, 0.25) is 11.7 Å². The molecule has 2 heterocycles. The molecular formula is C20H21NO6S. The number of carbonyl (C=O) groups is 3. The van der Waals surface area contributed by atoms with E-state index >= 15 is 0 Å². The second-order valence-corrected chi connectivity index (χ2v) is 7.22. The molecule has 0 bridgehead atoms. The van der Waals surface area contributed by atoms with Gasteiger partial charge < -0.3 is 18.8 Å². The predicted molar refractivity (Wildman–Crippen MR) is 102 cm³/mol. The summed E-state index contributed by atoms with van der Waals surface area (Å²) in [4.78, 5) is 38.6. The lowest BCUT2D eigenvalue weighted by molar-refractivity contribution is -0.127. The van der Waals surface area contributed by atoms with Gasteiger partial charge in [0.05, 0.1) is 18.4 Å². The number of benzene rings is 1. The van der Waals surface area contributed by atoms with E-state index in [0.717, 1.165) is 25.9 Å². The Labute approximate surface area is 167 Å². The molecule has 0 saturated carbocycles. The van der Waals surface area contributed by atoms with Crippen molar-refractivity contribution in [1.82, 2.24) is 4.90 Å². The minimum Gasteiger partial charge on any atom is -0.463 e. The van der Waals surface area contributed by atoms with Crippen molar-refractivity contribution in [2.75, 3.05) is 26.0 Å². The molecule has 7 nitrogen and oxygen atoms in total. The number of carbonyl (C=O) groups excluding carboxylic acids is 3. The zero-order valence-corrected chi connectivity index (χ0v) is 16.3. The SMILES string of the molecule is COC(=O)c1ccc(COC(=O)c2ccccc2SCC(=O)N2CCCC2)o1. The van der Waals surface area contributed by atoms with Crippen LogP contribution in [0.1, 0.15) is 39.5 Å². The van der Waals surface area contributed by atoms with Crippen LogP contribution in [-0.2, 0) is 20.9 Å². The number of methoxy groups -OCH3 is 1. The quantitative estimate of drug-likeness (QED) is 0.518. The molecule has 0 unspecified atom stereocenters. The Morgan fingerprint density at radius 2 is 1.82 bits per heavy atom. The number of hydrogen-bond acceptors (Lipinski definition) is 7. The maximum absolute atomic E-state index is 12.5. The fourth-order valence-electron chi connectivity index (χ4n) is 2.84. The topological polar surface area (TPSA) is 86.0 Å². The number of likely N-dealkylation sites (tertiary alicyclic amines) is 1. The third-order valence-electron chi connectivity index (χ3n) is 4.31. The molecule has 1 fully saturated rings. The summed E-state index contributed by atoms with van der Waals surface area (Å²) in [6, 6.07) is 10.0. The Kier molecular flexibility index (Phi) is 6.76. The maximum atomic E-state index is 12.5. The van der Waals surface area contributed by atoms with E-state index in [1.165, 1.54) is 24.9 Å². The first kappa shape index (κ1) is 20.0. The summed E-state index contributed by atoms with van der Waals surface area (Å²) in [6.45, 7) is 1.50. The Bertz CT molecular complexity index is 856. The van der Waals surface area contributed by atoms with Crippen LogP contribution in [0, 0.1) is 0 Å². The molecule has 8 heteroatoms. The number of ether oxygens (including phenoxy) is 2. The van der Waals surface area contributed by atoms with Crippen LogP contribution in [0.5, 0.6) is 0 Å². The number of furan rings is 1. The summed E-state index contributed by atoms with van der Waals surface area (Å²) in [7, 11) is 1.26. The van der Waals surface area contributed by atoms with Gasteiger partial charge in [0.15, 0.2) is 0 Å². The largest absolute Gasteiger partial charge is 0.463 e. The van der Waals surface area contributed by atoms with Crippen molar-refractivity contribution in [2.24, 2.45) is 0 Å². The molecule has 0 spiro atoms. The van der Waals surface area contributed by atoms with Crippen molar-refractivity contribution in [3.63, 3.8) is 0 Å². The van der Waals surface area contributed by atoms with Gasteiger partial charge in [-0.2, -0.15) is 0 Å². The van der Waals surface area contributed by atoms with Crippen LogP contribution >= 0.6 is 11.8 Å². The molecule has 1 aromatic heterocycles. The fraction of sp³-hybridized carbons (Fsp3) is 0.350. The highest BCUT2D eigenvalue weighted by Crippen LogP contribution is 2.25. The molecule has 0 radical (unpaired) electrons. The van der Waals surface area contributed by atoms with Crippen LogP contribution in [-0.4, -0.2) is 48.7 Å². The first-order valence-electron chi connectivity index (χ1n) is 8.92. The lowest BCUT2D eigenvalue weighted by Gasteiger charge is -2.15. The third kappa shape index (κ3) is 4.95. The van der Waals surface area contributed by atoms with Crippen LogP contribution in [0.3, 0.4) is 0 Å². The van der Waals surface area contributed by atoms with Crippen molar-refractivity contribution in [2.45, 2.75) is 24.3 Å². The maximum Gasteiger partial charge on any atom is 0.373 e. The van der Waals surface area contributed by atoms with E-state index in [2.05, 4.69) is 4.74 Å². The van der Waals surface area contributed by atoms with Gasteiger partial charge in [-0.05, 0) is 37.1 Å². The van der Waals surface area contributed by atoms with Gasteiger partial charge in [0, 0.05) is 18.0 Å². The molecule has 0 aliphatic carbocycles. The number of amides is 1. The van der Waals surface area contributed by atoms with E-state index in [9.17, 15) is 14.4 Å². The lowest BCUT2D eigenvalue weighted by Crippen LogP contribution is -2.29. The van der Waals surface area contributed by atoms with Crippen LogP contribution in [0.25, 0.3) is 0 Å². The molecule has 148 valence electrons. The molecular weight excluding hydrogens is 382 g/mol. The Hall–Kier alpha value is -2.74. The first-order valence-corrected chi connectivity index (χ1v) is 9.91. The van der Waals surface area contributed by atoms with Crippen molar-refractivity contribution in [3.8, 4) is 0 Å². The van der Waals surface area contributed by atoms with E-state index < -0.39 is 11.9 Å². The average molecular weight is 403 g/mol. The molecule has 1 aromatic carbocycles. The highest BCUT2D eigenvalue weighted by Gasteiger charge is 2.20. The zero-order valence-electron chi connectivity index (χ0n) is 15.5. The molecule has 0 atom stereocenters. The smallest absolute Gasteiger partial charge is 0.373 e. The van der Waals surface area contributed by atoms with E-state index in [1.807, 2.05) is 11.0 Å². The second kappa shape index (κ2) is 9.45. The molecule has 28 heavy (non-hydrogen) atoms. The monoisotopic (exact) mass is 403 g/mol. The van der Waals surface area contributed by atoms with Gasteiger partial charge in [0.1, 0.15) is 12.4 Å². The number of rotatable bonds is 7. The van der Waals surface area contributed by atoms with Crippen molar-refractivity contribution in [3.05, 3.63) is 53.5 Å². The van der Waals surface area contributed by atoms with Crippen molar-refractivity contribution < 1.29 is 28.3 Å². The van der Waals surface area contributed by atoms with E-state index in [-0.39, 0.29) is 24.0 Å². The van der Waals surface area contributed by atoms with Gasteiger partial charge in [-0.25, -0.2) is 9.59 Å². The van der Waals surface area contributed by atoms with Crippen LogP contribution in [0.15, 0.2) is 45.7 Å². The Morgan fingerprint density at radius 1 is 1.07 bits per heavy atom. The molecule has 3 rings (SSSR count). The highest BCUT2D eigenvalue weighted by atomic mass is 32.2. The standard InChI is InChI=1S/C20H21NO6S/c1-25-20(24)16-9-8-14(27-16)12-26-19(23)15-6-2-3-7-17(15)28-13-18(22)21-10-4-5-11-21/h2-3,6-9H,4-5,10-13H2,1H3. The molecule has 1 aliphatic heterocycles. The molecule has 1 saturated heterocycles. The molecule has 1 aliphatic rings. The molecule has 0 N–H and O–H groups in total. The van der Waals surface area contributed by atoms with Crippen molar-refractivity contribution >= 4 is 29.6 Å². The van der Waals surface area contributed by atoms with Gasteiger partial charge >= 0.3 is 11.9 Å². The van der Waals surface area contributed by atoms with Crippen molar-refractivity contribution in [1.29, 1.82) is 0 Å². The summed E-state index contributed by atoms with van der Waals surface area (Å²) in [5.41, 5.74) is 0.390. The van der Waals surface area contributed by atoms with Gasteiger partial charge in [-0.1, -0.05) is 12.1 Å². The number of esters is 2. The van der Waals surface area contributed by atoms with Gasteiger partial charge in [-0.3, -0.25) is 4.79 Å². The normalized spacial score (nSPS) is 13.4. The third-order valence-corrected chi connectivity index (χ3v) is 5.37. The molecule has 1 amide bonds. The number of thioether (sulfide) groups is 1. The van der Waals surface area contributed by atoms with Gasteiger partial charge in [-0.15, -0.1) is 11.8 Å². The van der Waals surface area contributed by atoms with E-state index in [4.69, 9.17) is 9.15 Å². The van der Waals surface area contributed by atoms with E-state index in [0.29, 0.717) is 16.2 Å². The Balaban J connectivity index is 1.58. The second-order valence-electron chi connectivity index (χ2n) is 6.21. The minimum atomic E-state index is -0.595. The zero-order chi connectivity index (χ0) is 19.9. The van der Waals surface area contributed by atoms with Gasteiger partial charge in [0.25, 0.3) is 0 Å². The highest BCUT2D eigenvalue weighted by molar-refractivity contribution is 8.00. The summed E-state index contributed by atoms with van der Waals surface area (Å²) < 4.78 is 15.1. The first-order chi connectivity index (χ1) is 13.6. The summed E-state index contributed by atoms with van der Waals surface area (Å²) >= 11 is 1.33. The number of nitrogens with zero attached hydrogens (tertiary/aromatic N) is 1. The fourth-order valence-corrected chi connectivity index (χ4v) is 3.78. The van der Waals surface area contributed by atoms with Crippen LogP contribution in [0.2, 0.25) is 0 Å². The summed E-state index contributed by atoms with van der Waals surface area (Å²) in [6.07, 6.45) is 2.09. The lowest BCUT2D eigenvalue weighted by atomic mass is 10.2. The Morgan fingerprint density at radius 3 is 2.57 bits per heavy atom.